The van der Waals surface area contributed by atoms with Crippen molar-refractivity contribution in [1.82, 2.24) is 5.32 Å². The largest absolute Gasteiger partial charge is 0.405 e. The molecule has 2 aliphatic rings. The molecule has 0 saturated heterocycles. The van der Waals surface area contributed by atoms with Crippen LogP contribution in [0.15, 0.2) is 0 Å². The van der Waals surface area contributed by atoms with Gasteiger partial charge in [-0.2, -0.15) is 13.2 Å². The van der Waals surface area contributed by atoms with Crippen LogP contribution in [-0.4, -0.2) is 30.2 Å². The van der Waals surface area contributed by atoms with Crippen LogP contribution >= 0.6 is 0 Å². The number of halogens is 3. The number of carbonyl (C=O) groups excluding carboxylic acids is 3. The number of Topliss-reactive ketones (excluding diaryl/α,β-unsaturated/α-hetero) is 2. The van der Waals surface area contributed by atoms with Crippen molar-refractivity contribution in [2.75, 3.05) is 6.54 Å². The highest BCUT2D eigenvalue weighted by Gasteiger charge is 2.77. The first-order chi connectivity index (χ1) is 8.90. The minimum Gasteiger partial charge on any atom is -0.346 e. The molecule has 0 unspecified atom stereocenters. The summed E-state index contributed by atoms with van der Waals surface area (Å²) in [7, 11) is 0. The Morgan fingerprint density at radius 1 is 1.15 bits per heavy atom. The van der Waals surface area contributed by atoms with Crippen molar-refractivity contribution >= 4 is 17.5 Å². The third-order valence-corrected chi connectivity index (χ3v) is 5.38. The summed E-state index contributed by atoms with van der Waals surface area (Å²) in [4.78, 5) is 36.4. The van der Waals surface area contributed by atoms with Gasteiger partial charge in [-0.3, -0.25) is 14.4 Å². The molecule has 112 valence electrons. The van der Waals surface area contributed by atoms with Gasteiger partial charge in [-0.15, -0.1) is 0 Å². The Morgan fingerprint density at radius 3 is 2.10 bits per heavy atom. The maximum atomic E-state index is 12.2. The predicted octanol–water partition coefficient (Wildman–Crippen LogP) is 1.63. The summed E-state index contributed by atoms with van der Waals surface area (Å²) in [5, 5.41) is 1.77. The van der Waals surface area contributed by atoms with E-state index in [4.69, 9.17) is 0 Å². The van der Waals surface area contributed by atoms with E-state index in [1.165, 1.54) is 0 Å². The van der Waals surface area contributed by atoms with Gasteiger partial charge in [0.1, 0.15) is 12.0 Å². The number of amides is 1. The second-order valence-corrected chi connectivity index (χ2v) is 6.32. The molecule has 0 aliphatic heterocycles. The lowest BCUT2D eigenvalue weighted by molar-refractivity contribution is -0.154. The highest BCUT2D eigenvalue weighted by atomic mass is 19.4. The fourth-order valence-corrected chi connectivity index (χ4v) is 3.60. The van der Waals surface area contributed by atoms with Crippen LogP contribution in [0.2, 0.25) is 0 Å². The highest BCUT2D eigenvalue weighted by Crippen LogP contribution is 2.68. The summed E-state index contributed by atoms with van der Waals surface area (Å²) >= 11 is 0. The van der Waals surface area contributed by atoms with Crippen LogP contribution in [0, 0.1) is 16.2 Å². The number of fused-ring (bicyclic) bond motifs is 2. The minimum atomic E-state index is -4.55. The lowest BCUT2D eigenvalue weighted by Crippen LogP contribution is -2.52. The SMILES string of the molecule is CC1(C)[C@@]2(C(=O)NCC(F)(F)F)CC[C@]1(C)C(=O)C2=O. The van der Waals surface area contributed by atoms with Crippen LogP contribution in [0.4, 0.5) is 13.2 Å². The van der Waals surface area contributed by atoms with E-state index in [1.54, 1.807) is 26.1 Å². The number of ketones is 2. The standard InChI is InChI=1S/C13H16F3NO3/c1-10(2)11(3)4-5-12(10,8(19)7(11)18)9(20)17-6-13(14,15)16/h4-6H2,1-3H3,(H,17,20)/t11-,12+/m1/s1. The second kappa shape index (κ2) is 3.83. The van der Waals surface area contributed by atoms with Crippen molar-refractivity contribution in [3.8, 4) is 0 Å². The molecule has 7 heteroatoms. The van der Waals surface area contributed by atoms with Crippen molar-refractivity contribution in [3.05, 3.63) is 0 Å². The van der Waals surface area contributed by atoms with Crippen molar-refractivity contribution in [2.24, 2.45) is 16.2 Å². The zero-order valence-corrected chi connectivity index (χ0v) is 11.5. The summed E-state index contributed by atoms with van der Waals surface area (Å²) in [5.74, 6) is -2.48. The van der Waals surface area contributed by atoms with E-state index in [9.17, 15) is 27.6 Å². The molecule has 4 nitrogen and oxygen atoms in total. The molecule has 20 heavy (non-hydrogen) atoms. The Morgan fingerprint density at radius 2 is 1.70 bits per heavy atom. The number of nitrogens with one attached hydrogen (secondary N) is 1. The predicted molar refractivity (Wildman–Crippen MR) is 62.6 cm³/mol. The molecule has 0 heterocycles. The van der Waals surface area contributed by atoms with Crippen LogP contribution in [0.5, 0.6) is 0 Å². The van der Waals surface area contributed by atoms with E-state index in [-0.39, 0.29) is 6.42 Å². The maximum absolute atomic E-state index is 12.2. The highest BCUT2D eigenvalue weighted by molar-refractivity contribution is 6.48. The molecule has 2 bridgehead atoms. The molecule has 0 aromatic rings. The number of carbonyl (C=O) groups is 3. The van der Waals surface area contributed by atoms with Crippen molar-refractivity contribution in [1.29, 1.82) is 0 Å². The number of rotatable bonds is 2. The molecular formula is C13H16F3NO3. The van der Waals surface area contributed by atoms with Gasteiger partial charge >= 0.3 is 6.18 Å². The van der Waals surface area contributed by atoms with Gasteiger partial charge in [0, 0.05) is 5.41 Å². The van der Waals surface area contributed by atoms with Gasteiger partial charge in [-0.05, 0) is 18.3 Å². The normalized spacial score (nSPS) is 35.5. The zero-order chi connectivity index (χ0) is 15.6. The Kier molecular flexibility index (Phi) is 2.87. The van der Waals surface area contributed by atoms with Crippen molar-refractivity contribution in [3.63, 3.8) is 0 Å². The van der Waals surface area contributed by atoms with Crippen LogP contribution < -0.4 is 5.32 Å². The molecule has 0 radical (unpaired) electrons. The summed E-state index contributed by atoms with van der Waals surface area (Å²) in [6.45, 7) is 3.33. The van der Waals surface area contributed by atoms with E-state index in [0.717, 1.165) is 0 Å². The Hall–Kier alpha value is -1.40. The third-order valence-electron chi connectivity index (χ3n) is 5.38. The van der Waals surface area contributed by atoms with E-state index >= 15 is 0 Å². The monoisotopic (exact) mass is 291 g/mol. The van der Waals surface area contributed by atoms with Gasteiger partial charge in [-0.25, -0.2) is 0 Å². The van der Waals surface area contributed by atoms with E-state index < -0.39 is 46.4 Å². The number of alkyl halides is 3. The molecule has 1 amide bonds. The van der Waals surface area contributed by atoms with Gasteiger partial charge in [0.15, 0.2) is 0 Å². The Balaban J connectivity index is 2.37. The van der Waals surface area contributed by atoms with Crippen LogP contribution in [0.1, 0.15) is 33.6 Å². The van der Waals surface area contributed by atoms with Gasteiger partial charge in [0.2, 0.25) is 17.5 Å². The minimum absolute atomic E-state index is 0.116. The molecule has 1 N–H and O–H groups in total. The van der Waals surface area contributed by atoms with Gasteiger partial charge in [0.05, 0.1) is 0 Å². The zero-order valence-electron chi connectivity index (χ0n) is 11.5. The number of hydrogen-bond donors (Lipinski definition) is 1. The molecule has 2 fully saturated rings. The molecule has 0 spiro atoms. The quantitative estimate of drug-likeness (QED) is 0.621. The molecular weight excluding hydrogens is 275 g/mol. The van der Waals surface area contributed by atoms with E-state index in [0.29, 0.717) is 6.42 Å². The summed E-state index contributed by atoms with van der Waals surface area (Å²) < 4.78 is 36.7. The average molecular weight is 291 g/mol. The maximum Gasteiger partial charge on any atom is 0.405 e. The molecule has 2 rings (SSSR count). The first-order valence-corrected chi connectivity index (χ1v) is 6.34. The summed E-state index contributed by atoms with van der Waals surface area (Å²) in [5.41, 5.74) is -3.62. The molecule has 0 aromatic heterocycles. The van der Waals surface area contributed by atoms with E-state index in [2.05, 4.69) is 0 Å². The van der Waals surface area contributed by atoms with Gasteiger partial charge in [-0.1, -0.05) is 20.8 Å². The van der Waals surface area contributed by atoms with Gasteiger partial charge in [0.25, 0.3) is 0 Å². The topological polar surface area (TPSA) is 63.2 Å². The van der Waals surface area contributed by atoms with E-state index in [1.807, 2.05) is 0 Å². The van der Waals surface area contributed by atoms with Crippen molar-refractivity contribution in [2.45, 2.75) is 39.8 Å². The smallest absolute Gasteiger partial charge is 0.346 e. The lowest BCUT2D eigenvalue weighted by atomic mass is 9.64. The van der Waals surface area contributed by atoms with Crippen LogP contribution in [0.3, 0.4) is 0 Å². The first kappa shape index (κ1) is 15.0. The fourth-order valence-electron chi connectivity index (χ4n) is 3.60. The molecule has 2 atom stereocenters. The molecule has 0 aromatic carbocycles. The van der Waals surface area contributed by atoms with Gasteiger partial charge < -0.3 is 5.32 Å². The second-order valence-electron chi connectivity index (χ2n) is 6.32. The van der Waals surface area contributed by atoms with Crippen LogP contribution in [0.25, 0.3) is 0 Å². The summed E-state index contributed by atoms with van der Waals surface area (Å²) in [6.07, 6.45) is -4.10. The number of hydrogen-bond acceptors (Lipinski definition) is 3. The fraction of sp³-hybridized carbons (Fsp3) is 0.769. The average Bonchev–Trinajstić information content (AvgIpc) is 2.58. The third kappa shape index (κ3) is 1.52. The molecule has 2 saturated carbocycles. The Labute approximate surface area is 114 Å². The van der Waals surface area contributed by atoms with Crippen molar-refractivity contribution < 1.29 is 27.6 Å². The first-order valence-electron chi connectivity index (χ1n) is 6.34. The Bertz CT molecular complexity index is 511. The van der Waals surface area contributed by atoms with Crippen LogP contribution in [-0.2, 0) is 14.4 Å². The molecule has 2 aliphatic carbocycles. The summed E-state index contributed by atoms with van der Waals surface area (Å²) in [6, 6.07) is 0. The lowest BCUT2D eigenvalue weighted by Gasteiger charge is -2.37.